The van der Waals surface area contributed by atoms with Crippen LogP contribution in [0.25, 0.3) is 0 Å². The Bertz CT molecular complexity index is 587. The lowest BCUT2D eigenvalue weighted by Crippen LogP contribution is -2.49. The molecule has 1 aliphatic rings. The second kappa shape index (κ2) is 5.97. The Morgan fingerprint density at radius 3 is 2.40 bits per heavy atom. The highest BCUT2D eigenvalue weighted by molar-refractivity contribution is 7.89. The van der Waals surface area contributed by atoms with Gasteiger partial charge in [0.1, 0.15) is 13.2 Å². The monoisotopic (exact) mass is 339 g/mol. The highest BCUT2D eigenvalue weighted by atomic mass is 35.5. The topological polar surface area (TPSA) is 64.6 Å². The van der Waals surface area contributed by atoms with Crippen molar-refractivity contribution in [3.63, 3.8) is 0 Å². The van der Waals surface area contributed by atoms with E-state index in [4.69, 9.17) is 32.7 Å². The zero-order valence-electron chi connectivity index (χ0n) is 10.9. The molecule has 112 valence electrons. The highest BCUT2D eigenvalue weighted by Gasteiger charge is 2.30. The van der Waals surface area contributed by atoms with E-state index in [2.05, 4.69) is 4.72 Å². The third-order valence-electron chi connectivity index (χ3n) is 2.79. The van der Waals surface area contributed by atoms with Crippen molar-refractivity contribution in [2.24, 2.45) is 0 Å². The Labute approximate surface area is 128 Å². The molecular weight excluding hydrogens is 325 g/mol. The van der Waals surface area contributed by atoms with Gasteiger partial charge in [0, 0.05) is 17.8 Å². The van der Waals surface area contributed by atoms with Crippen LogP contribution in [-0.2, 0) is 10.0 Å². The SMILES string of the molecule is CC(CCl)(CCl)NS(=O)(=O)c1ccc2c(c1)OCCO2. The maximum absolute atomic E-state index is 12.3. The minimum Gasteiger partial charge on any atom is -0.486 e. The number of hydrogen-bond donors (Lipinski definition) is 1. The van der Waals surface area contributed by atoms with Gasteiger partial charge in [-0.15, -0.1) is 23.2 Å². The predicted molar refractivity (Wildman–Crippen MR) is 77.6 cm³/mol. The summed E-state index contributed by atoms with van der Waals surface area (Å²) >= 11 is 11.5. The molecule has 0 radical (unpaired) electrons. The molecule has 0 saturated carbocycles. The Balaban J connectivity index is 2.30. The molecule has 1 aliphatic heterocycles. The molecule has 0 aliphatic carbocycles. The standard InChI is InChI=1S/C12H15Cl2NO4S/c1-12(7-13,8-14)15-20(16,17)9-2-3-10-11(6-9)19-5-4-18-10/h2-3,6,15H,4-5,7-8H2,1H3. The van der Waals surface area contributed by atoms with Crippen LogP contribution in [0.4, 0.5) is 0 Å². The predicted octanol–water partition coefficient (Wildman–Crippen LogP) is 1.97. The molecule has 1 aromatic carbocycles. The highest BCUT2D eigenvalue weighted by Crippen LogP contribution is 2.32. The summed E-state index contributed by atoms with van der Waals surface area (Å²) in [5.41, 5.74) is -0.908. The van der Waals surface area contributed by atoms with E-state index in [9.17, 15) is 8.42 Å². The molecule has 20 heavy (non-hydrogen) atoms. The maximum Gasteiger partial charge on any atom is 0.241 e. The fraction of sp³-hybridized carbons (Fsp3) is 0.500. The molecule has 0 fully saturated rings. The van der Waals surface area contributed by atoms with Crippen molar-refractivity contribution in [1.82, 2.24) is 4.72 Å². The van der Waals surface area contributed by atoms with Crippen LogP contribution in [0, 0.1) is 0 Å². The quantitative estimate of drug-likeness (QED) is 0.833. The average molecular weight is 340 g/mol. The number of fused-ring (bicyclic) bond motifs is 1. The Morgan fingerprint density at radius 2 is 1.80 bits per heavy atom. The van der Waals surface area contributed by atoms with Crippen molar-refractivity contribution in [1.29, 1.82) is 0 Å². The number of benzene rings is 1. The molecule has 0 aromatic heterocycles. The van der Waals surface area contributed by atoms with Gasteiger partial charge in [0.25, 0.3) is 0 Å². The minimum atomic E-state index is -3.73. The van der Waals surface area contributed by atoms with E-state index in [0.717, 1.165) is 0 Å². The van der Waals surface area contributed by atoms with Gasteiger partial charge >= 0.3 is 0 Å². The van der Waals surface area contributed by atoms with Gasteiger partial charge in [0.15, 0.2) is 11.5 Å². The van der Waals surface area contributed by atoms with Crippen LogP contribution in [-0.4, -0.2) is 38.9 Å². The molecule has 0 unspecified atom stereocenters. The van der Waals surface area contributed by atoms with Crippen LogP contribution < -0.4 is 14.2 Å². The summed E-state index contributed by atoms with van der Waals surface area (Å²) in [6, 6.07) is 4.46. The van der Waals surface area contributed by atoms with Crippen molar-refractivity contribution < 1.29 is 17.9 Å². The van der Waals surface area contributed by atoms with E-state index < -0.39 is 15.6 Å². The van der Waals surface area contributed by atoms with Crippen LogP contribution in [0.2, 0.25) is 0 Å². The smallest absolute Gasteiger partial charge is 0.241 e. The number of halogens is 2. The molecule has 1 heterocycles. The van der Waals surface area contributed by atoms with Gasteiger partial charge in [-0.2, -0.15) is 0 Å². The Hall–Kier alpha value is -0.690. The Morgan fingerprint density at radius 1 is 1.20 bits per heavy atom. The number of rotatable bonds is 5. The van der Waals surface area contributed by atoms with Crippen LogP contribution in [0.1, 0.15) is 6.92 Å². The van der Waals surface area contributed by atoms with Gasteiger partial charge in [-0.1, -0.05) is 0 Å². The van der Waals surface area contributed by atoms with E-state index in [1.165, 1.54) is 12.1 Å². The fourth-order valence-corrected chi connectivity index (χ4v) is 3.66. The maximum atomic E-state index is 12.3. The van der Waals surface area contributed by atoms with Gasteiger partial charge in [0.2, 0.25) is 10.0 Å². The van der Waals surface area contributed by atoms with Crippen molar-refractivity contribution in [2.75, 3.05) is 25.0 Å². The minimum absolute atomic E-state index is 0.0697. The van der Waals surface area contributed by atoms with E-state index in [1.807, 2.05) is 0 Å². The van der Waals surface area contributed by atoms with E-state index in [-0.39, 0.29) is 16.7 Å². The summed E-state index contributed by atoms with van der Waals surface area (Å²) in [4.78, 5) is 0.0863. The summed E-state index contributed by atoms with van der Waals surface area (Å²) in [6.45, 7) is 2.49. The lowest BCUT2D eigenvalue weighted by atomic mass is 10.1. The first-order valence-corrected chi connectivity index (χ1v) is 8.51. The molecule has 0 amide bonds. The first-order chi connectivity index (χ1) is 9.40. The first-order valence-electron chi connectivity index (χ1n) is 5.96. The summed E-state index contributed by atoms with van der Waals surface area (Å²) in [6.07, 6.45) is 0. The van der Waals surface area contributed by atoms with Crippen molar-refractivity contribution in [2.45, 2.75) is 17.4 Å². The number of ether oxygens (including phenoxy) is 2. The molecule has 0 saturated heterocycles. The van der Waals surface area contributed by atoms with Crippen LogP contribution >= 0.6 is 23.2 Å². The van der Waals surface area contributed by atoms with Gasteiger partial charge in [0.05, 0.1) is 10.4 Å². The lowest BCUT2D eigenvalue weighted by molar-refractivity contribution is 0.171. The lowest BCUT2D eigenvalue weighted by Gasteiger charge is -2.26. The fourth-order valence-electron chi connectivity index (χ4n) is 1.66. The second-order valence-electron chi connectivity index (χ2n) is 4.74. The zero-order valence-corrected chi connectivity index (χ0v) is 13.2. The van der Waals surface area contributed by atoms with E-state index in [1.54, 1.807) is 13.0 Å². The van der Waals surface area contributed by atoms with Crippen LogP contribution in [0.3, 0.4) is 0 Å². The van der Waals surface area contributed by atoms with E-state index in [0.29, 0.717) is 24.7 Å². The van der Waals surface area contributed by atoms with Gasteiger partial charge < -0.3 is 9.47 Å². The van der Waals surface area contributed by atoms with Crippen LogP contribution in [0.5, 0.6) is 11.5 Å². The average Bonchev–Trinajstić information content (AvgIpc) is 2.46. The van der Waals surface area contributed by atoms with Crippen LogP contribution in [0.15, 0.2) is 23.1 Å². The number of alkyl halides is 2. The molecule has 0 spiro atoms. The molecule has 0 bridgehead atoms. The summed E-state index contributed by atoms with van der Waals surface area (Å²) in [5.74, 6) is 1.09. The van der Waals surface area contributed by atoms with E-state index >= 15 is 0 Å². The third-order valence-corrected chi connectivity index (χ3v) is 5.61. The van der Waals surface area contributed by atoms with Crippen molar-refractivity contribution in [3.05, 3.63) is 18.2 Å². The molecule has 0 atom stereocenters. The first kappa shape index (κ1) is 15.7. The zero-order chi connectivity index (χ0) is 14.8. The van der Waals surface area contributed by atoms with Crippen molar-refractivity contribution >= 4 is 33.2 Å². The number of sulfonamides is 1. The molecule has 8 heteroatoms. The second-order valence-corrected chi connectivity index (χ2v) is 6.96. The van der Waals surface area contributed by atoms with Gasteiger partial charge in [-0.3, -0.25) is 0 Å². The molecule has 1 aromatic rings. The van der Waals surface area contributed by atoms with Gasteiger partial charge in [-0.05, 0) is 19.1 Å². The third kappa shape index (κ3) is 3.31. The Kier molecular flexibility index (Phi) is 4.69. The summed E-state index contributed by atoms with van der Waals surface area (Å²) in [5, 5.41) is 0. The molecule has 2 rings (SSSR count). The molecule has 5 nitrogen and oxygen atoms in total. The summed E-state index contributed by atoms with van der Waals surface area (Å²) < 4.78 is 37.9. The molecular formula is C12H15Cl2NO4S. The van der Waals surface area contributed by atoms with Gasteiger partial charge in [-0.25, -0.2) is 13.1 Å². The number of hydrogen-bond acceptors (Lipinski definition) is 4. The normalized spacial score (nSPS) is 15.2. The molecule has 1 N–H and O–H groups in total. The summed E-state index contributed by atoms with van der Waals surface area (Å²) in [7, 11) is -3.73. The number of nitrogens with one attached hydrogen (secondary N) is 1. The van der Waals surface area contributed by atoms with Crippen molar-refractivity contribution in [3.8, 4) is 11.5 Å². The largest absolute Gasteiger partial charge is 0.486 e.